The van der Waals surface area contributed by atoms with Crippen LogP contribution in [0.3, 0.4) is 0 Å². The van der Waals surface area contributed by atoms with Crippen LogP contribution in [-0.4, -0.2) is 37.0 Å². The lowest BCUT2D eigenvalue weighted by atomic mass is 10.1. The molecule has 1 aromatic carbocycles. The van der Waals surface area contributed by atoms with Crippen LogP contribution in [0.4, 0.5) is 13.2 Å². The Bertz CT molecular complexity index is 606. The third kappa shape index (κ3) is 2.55. The summed E-state index contributed by atoms with van der Waals surface area (Å²) in [5.41, 5.74) is 0. The fraction of sp³-hybridized carbons (Fsp3) is 0.500. The molecule has 2 rings (SSSR count). The first kappa shape index (κ1) is 15.3. The van der Waals surface area contributed by atoms with E-state index >= 15 is 0 Å². The van der Waals surface area contributed by atoms with E-state index in [0.717, 1.165) is 10.7 Å². The van der Waals surface area contributed by atoms with Gasteiger partial charge in [0.2, 0.25) is 10.0 Å². The first-order valence-corrected chi connectivity index (χ1v) is 7.59. The smallest absolute Gasteiger partial charge is 0.246 e. The number of nitrogens with zero attached hydrogens (tertiary/aromatic N) is 1. The number of sulfonamides is 1. The van der Waals surface area contributed by atoms with Crippen molar-refractivity contribution in [2.24, 2.45) is 0 Å². The molecule has 112 valence electrons. The minimum Gasteiger partial charge on any atom is -0.395 e. The zero-order chi connectivity index (χ0) is 14.9. The van der Waals surface area contributed by atoms with Gasteiger partial charge < -0.3 is 5.11 Å². The highest BCUT2D eigenvalue weighted by molar-refractivity contribution is 7.89. The van der Waals surface area contributed by atoms with Crippen LogP contribution >= 0.6 is 0 Å². The molecule has 1 saturated heterocycles. The minimum atomic E-state index is -4.30. The predicted octanol–water partition coefficient (Wildman–Crippen LogP) is 1.64. The summed E-state index contributed by atoms with van der Waals surface area (Å²) in [5.74, 6) is -4.99. The highest BCUT2D eigenvalue weighted by Crippen LogP contribution is 2.28. The van der Waals surface area contributed by atoms with E-state index in [2.05, 4.69) is 0 Å². The van der Waals surface area contributed by atoms with Gasteiger partial charge in [0, 0.05) is 12.6 Å². The molecule has 1 aromatic rings. The van der Waals surface area contributed by atoms with Gasteiger partial charge in [-0.2, -0.15) is 4.31 Å². The molecule has 0 spiro atoms. The van der Waals surface area contributed by atoms with Gasteiger partial charge in [0.05, 0.1) is 6.61 Å². The summed E-state index contributed by atoms with van der Waals surface area (Å²) in [5, 5.41) is 9.21. The van der Waals surface area contributed by atoms with Gasteiger partial charge in [-0.25, -0.2) is 21.6 Å². The number of piperidine rings is 1. The van der Waals surface area contributed by atoms with E-state index < -0.39 is 45.0 Å². The molecule has 0 aliphatic carbocycles. The Morgan fingerprint density at radius 3 is 2.55 bits per heavy atom. The van der Waals surface area contributed by atoms with Gasteiger partial charge in [-0.1, -0.05) is 6.42 Å². The fourth-order valence-corrected chi connectivity index (χ4v) is 4.05. The summed E-state index contributed by atoms with van der Waals surface area (Å²) in [4.78, 5) is -0.906. The summed E-state index contributed by atoms with van der Waals surface area (Å²) in [7, 11) is -4.30. The van der Waals surface area contributed by atoms with Gasteiger partial charge in [-0.15, -0.1) is 0 Å². The largest absolute Gasteiger partial charge is 0.395 e. The normalized spacial score (nSPS) is 21.1. The van der Waals surface area contributed by atoms with Gasteiger partial charge >= 0.3 is 0 Å². The molecule has 1 fully saturated rings. The Morgan fingerprint density at radius 2 is 1.90 bits per heavy atom. The Hall–Kier alpha value is -1.12. The van der Waals surface area contributed by atoms with E-state index in [-0.39, 0.29) is 6.54 Å². The standard InChI is InChI=1S/C12H14F3NO3S/c13-9-4-5-10(12(15)11(9)14)20(18,19)16-6-2-1-3-8(16)7-17/h4-5,8,17H,1-3,6-7H2. The number of aliphatic hydroxyl groups excluding tert-OH is 1. The van der Waals surface area contributed by atoms with Crippen molar-refractivity contribution >= 4 is 10.0 Å². The molecule has 0 radical (unpaired) electrons. The van der Waals surface area contributed by atoms with Crippen LogP contribution in [0, 0.1) is 17.5 Å². The van der Waals surface area contributed by atoms with E-state index in [0.29, 0.717) is 25.0 Å². The molecule has 1 unspecified atom stereocenters. The van der Waals surface area contributed by atoms with Crippen molar-refractivity contribution in [2.75, 3.05) is 13.2 Å². The van der Waals surface area contributed by atoms with E-state index in [4.69, 9.17) is 0 Å². The Labute approximate surface area is 114 Å². The Morgan fingerprint density at radius 1 is 1.20 bits per heavy atom. The quantitative estimate of drug-likeness (QED) is 0.864. The van der Waals surface area contributed by atoms with Gasteiger partial charge in [0.25, 0.3) is 0 Å². The maximum atomic E-state index is 13.7. The lowest BCUT2D eigenvalue weighted by Gasteiger charge is -2.33. The third-order valence-corrected chi connectivity index (χ3v) is 5.34. The molecule has 0 saturated carbocycles. The van der Waals surface area contributed by atoms with Crippen LogP contribution in [0.1, 0.15) is 19.3 Å². The number of benzene rings is 1. The predicted molar refractivity (Wildman–Crippen MR) is 64.9 cm³/mol. The van der Waals surface area contributed by atoms with Crippen LogP contribution in [0.15, 0.2) is 17.0 Å². The van der Waals surface area contributed by atoms with Crippen LogP contribution < -0.4 is 0 Å². The number of rotatable bonds is 3. The van der Waals surface area contributed by atoms with Crippen molar-refractivity contribution in [2.45, 2.75) is 30.2 Å². The summed E-state index contributed by atoms with van der Waals surface area (Å²) in [6.07, 6.45) is 1.76. The van der Waals surface area contributed by atoms with Crippen molar-refractivity contribution in [3.8, 4) is 0 Å². The first-order valence-electron chi connectivity index (χ1n) is 6.15. The molecule has 20 heavy (non-hydrogen) atoms. The third-order valence-electron chi connectivity index (χ3n) is 3.37. The maximum absolute atomic E-state index is 13.7. The minimum absolute atomic E-state index is 0.117. The lowest BCUT2D eigenvalue weighted by molar-refractivity contribution is 0.155. The van der Waals surface area contributed by atoms with Gasteiger partial charge in [0.1, 0.15) is 4.90 Å². The lowest BCUT2D eigenvalue weighted by Crippen LogP contribution is -2.45. The van der Waals surface area contributed by atoms with Crippen molar-refractivity contribution < 1.29 is 26.7 Å². The molecule has 1 heterocycles. The van der Waals surface area contributed by atoms with E-state index in [1.807, 2.05) is 0 Å². The molecular weight excluding hydrogens is 295 g/mol. The summed E-state index contributed by atoms with van der Waals surface area (Å²) in [6, 6.07) is 0.608. The first-order chi connectivity index (χ1) is 9.39. The van der Waals surface area contributed by atoms with Crippen LogP contribution in [0.25, 0.3) is 0 Å². The summed E-state index contributed by atoms with van der Waals surface area (Å²) < 4.78 is 65.3. The average molecular weight is 309 g/mol. The van der Waals surface area contributed by atoms with E-state index in [1.165, 1.54) is 0 Å². The molecular formula is C12H14F3NO3S. The Kier molecular flexibility index (Phi) is 4.36. The molecule has 4 nitrogen and oxygen atoms in total. The molecule has 0 aromatic heterocycles. The van der Waals surface area contributed by atoms with Crippen molar-refractivity contribution in [3.63, 3.8) is 0 Å². The number of halogens is 3. The summed E-state index contributed by atoms with van der Waals surface area (Å²) in [6.45, 7) is -0.281. The second-order valence-corrected chi connectivity index (χ2v) is 6.48. The van der Waals surface area contributed by atoms with Crippen molar-refractivity contribution in [1.29, 1.82) is 0 Å². The van der Waals surface area contributed by atoms with Crippen LogP contribution in [0.2, 0.25) is 0 Å². The topological polar surface area (TPSA) is 57.6 Å². The van der Waals surface area contributed by atoms with Crippen molar-refractivity contribution in [1.82, 2.24) is 4.31 Å². The van der Waals surface area contributed by atoms with Gasteiger partial charge in [0.15, 0.2) is 17.5 Å². The highest BCUT2D eigenvalue weighted by Gasteiger charge is 2.35. The van der Waals surface area contributed by atoms with Crippen molar-refractivity contribution in [3.05, 3.63) is 29.6 Å². The molecule has 8 heteroatoms. The number of hydrogen-bond acceptors (Lipinski definition) is 3. The van der Waals surface area contributed by atoms with Crippen LogP contribution in [0.5, 0.6) is 0 Å². The monoisotopic (exact) mass is 309 g/mol. The van der Waals surface area contributed by atoms with Crippen LogP contribution in [-0.2, 0) is 10.0 Å². The number of aliphatic hydroxyl groups is 1. The van der Waals surface area contributed by atoms with Gasteiger partial charge in [-0.05, 0) is 25.0 Å². The molecule has 1 aliphatic heterocycles. The maximum Gasteiger partial charge on any atom is 0.246 e. The zero-order valence-electron chi connectivity index (χ0n) is 10.5. The SMILES string of the molecule is O=S(=O)(c1ccc(F)c(F)c1F)N1CCCCC1CO. The fourth-order valence-electron chi connectivity index (χ4n) is 2.31. The average Bonchev–Trinajstić information content (AvgIpc) is 2.44. The number of hydrogen-bond donors (Lipinski definition) is 1. The molecule has 1 atom stereocenters. The second-order valence-electron chi connectivity index (χ2n) is 4.62. The van der Waals surface area contributed by atoms with E-state index in [9.17, 15) is 26.7 Å². The highest BCUT2D eigenvalue weighted by atomic mass is 32.2. The molecule has 1 N–H and O–H groups in total. The Balaban J connectivity index is 2.47. The molecule has 1 aliphatic rings. The molecule has 0 amide bonds. The van der Waals surface area contributed by atoms with E-state index in [1.54, 1.807) is 0 Å². The summed E-state index contributed by atoms with van der Waals surface area (Å²) >= 11 is 0. The molecule has 0 bridgehead atoms. The second kappa shape index (κ2) is 5.71. The zero-order valence-corrected chi connectivity index (χ0v) is 11.3. The van der Waals surface area contributed by atoms with Gasteiger partial charge in [-0.3, -0.25) is 0 Å².